The largest absolute Gasteiger partial charge is 0.423 e. The van der Waals surface area contributed by atoms with Gasteiger partial charge in [0.15, 0.2) is 0 Å². The summed E-state index contributed by atoms with van der Waals surface area (Å²) in [5.74, 6) is -0.710. The van der Waals surface area contributed by atoms with Crippen LogP contribution >= 0.6 is 0 Å². The smallest absolute Gasteiger partial charge is 0.258 e. The standard InChI is InChI=1S/C20H20FNO5S2/c1-4-14(3)28(23,24)20-19(29(25,26)17-11-5-13(2)6-12-17)22-18(27-20)15-7-9-16(21)10-8-15/h5-12,14H,4H2,1-3H3/t14-/m1/s1. The zero-order chi connectivity index (χ0) is 21.4. The van der Waals surface area contributed by atoms with Crippen LogP contribution in [-0.4, -0.2) is 27.1 Å². The Balaban J connectivity index is 2.26. The third-order valence-corrected chi connectivity index (χ3v) is 8.60. The molecule has 0 radical (unpaired) electrons. The number of benzene rings is 2. The Labute approximate surface area is 169 Å². The lowest BCUT2D eigenvalue weighted by Gasteiger charge is -2.09. The lowest BCUT2D eigenvalue weighted by Crippen LogP contribution is -2.19. The highest BCUT2D eigenvalue weighted by molar-refractivity contribution is 7.94. The third-order valence-electron chi connectivity index (χ3n) is 4.61. The molecular weight excluding hydrogens is 417 g/mol. The molecule has 0 aliphatic rings. The van der Waals surface area contributed by atoms with Crippen LogP contribution in [0.1, 0.15) is 25.8 Å². The maximum atomic E-state index is 13.2. The molecule has 0 unspecified atom stereocenters. The Morgan fingerprint density at radius 3 is 2.14 bits per heavy atom. The van der Waals surface area contributed by atoms with Gasteiger partial charge < -0.3 is 4.42 Å². The third kappa shape index (κ3) is 3.97. The molecule has 0 aliphatic carbocycles. The minimum Gasteiger partial charge on any atom is -0.423 e. The Morgan fingerprint density at radius 2 is 1.59 bits per heavy atom. The fourth-order valence-electron chi connectivity index (χ4n) is 2.59. The first kappa shape index (κ1) is 21.2. The van der Waals surface area contributed by atoms with Crippen molar-refractivity contribution in [3.63, 3.8) is 0 Å². The monoisotopic (exact) mass is 437 g/mol. The van der Waals surface area contributed by atoms with E-state index in [1.807, 2.05) is 0 Å². The highest BCUT2D eigenvalue weighted by Crippen LogP contribution is 2.34. The number of halogens is 1. The molecular formula is C20H20FNO5S2. The Bertz CT molecular complexity index is 1230. The van der Waals surface area contributed by atoms with Crippen molar-refractivity contribution in [2.75, 3.05) is 0 Å². The van der Waals surface area contributed by atoms with E-state index >= 15 is 0 Å². The Hall–Kier alpha value is -2.52. The quantitative estimate of drug-likeness (QED) is 0.574. The lowest BCUT2D eigenvalue weighted by molar-refractivity contribution is 0.441. The molecule has 0 amide bonds. The van der Waals surface area contributed by atoms with E-state index in [4.69, 9.17) is 4.42 Å². The van der Waals surface area contributed by atoms with Gasteiger partial charge in [0.1, 0.15) is 5.82 Å². The number of hydrogen-bond donors (Lipinski definition) is 0. The van der Waals surface area contributed by atoms with Crippen molar-refractivity contribution < 1.29 is 25.6 Å². The first-order chi connectivity index (χ1) is 13.6. The van der Waals surface area contributed by atoms with Gasteiger partial charge in [-0.2, -0.15) is 4.98 Å². The number of oxazole rings is 1. The molecule has 3 aromatic rings. The molecule has 3 rings (SSSR count). The first-order valence-electron chi connectivity index (χ1n) is 8.89. The molecule has 2 aromatic carbocycles. The van der Waals surface area contributed by atoms with Crippen LogP contribution in [0.25, 0.3) is 11.5 Å². The fraction of sp³-hybridized carbons (Fsp3) is 0.250. The van der Waals surface area contributed by atoms with Crippen LogP contribution in [0.5, 0.6) is 0 Å². The summed E-state index contributed by atoms with van der Waals surface area (Å²) >= 11 is 0. The van der Waals surface area contributed by atoms with E-state index in [1.165, 1.54) is 31.2 Å². The van der Waals surface area contributed by atoms with Crippen molar-refractivity contribution in [1.82, 2.24) is 4.98 Å². The van der Waals surface area contributed by atoms with Gasteiger partial charge in [-0.1, -0.05) is 24.6 Å². The highest BCUT2D eigenvalue weighted by atomic mass is 32.2. The van der Waals surface area contributed by atoms with Crippen molar-refractivity contribution in [3.05, 3.63) is 59.9 Å². The molecule has 29 heavy (non-hydrogen) atoms. The number of nitrogens with zero attached hydrogens (tertiary/aromatic N) is 1. The molecule has 0 aliphatic heterocycles. The van der Waals surface area contributed by atoms with Gasteiger partial charge in [0.05, 0.1) is 10.1 Å². The highest BCUT2D eigenvalue weighted by Gasteiger charge is 2.37. The van der Waals surface area contributed by atoms with Crippen LogP contribution in [0.15, 0.2) is 68.0 Å². The van der Waals surface area contributed by atoms with E-state index in [0.29, 0.717) is 0 Å². The van der Waals surface area contributed by atoms with E-state index < -0.39 is 40.9 Å². The van der Waals surface area contributed by atoms with Crippen LogP contribution in [0.2, 0.25) is 0 Å². The second-order valence-electron chi connectivity index (χ2n) is 6.70. The number of rotatable bonds is 6. The summed E-state index contributed by atoms with van der Waals surface area (Å²) in [7, 11) is -8.36. The van der Waals surface area contributed by atoms with Crippen molar-refractivity contribution >= 4 is 19.7 Å². The van der Waals surface area contributed by atoms with E-state index in [-0.39, 0.29) is 22.8 Å². The molecule has 1 heterocycles. The second kappa shape index (κ2) is 7.72. The van der Waals surface area contributed by atoms with Gasteiger partial charge in [-0.05, 0) is 56.7 Å². The summed E-state index contributed by atoms with van der Waals surface area (Å²) < 4.78 is 71.0. The minimum atomic E-state index is -4.26. The molecule has 0 bridgehead atoms. The van der Waals surface area contributed by atoms with Gasteiger partial charge >= 0.3 is 0 Å². The Morgan fingerprint density at radius 1 is 1.00 bits per heavy atom. The summed E-state index contributed by atoms with van der Waals surface area (Å²) in [5.41, 5.74) is 1.11. The molecule has 154 valence electrons. The molecule has 1 aromatic heterocycles. The predicted molar refractivity (Wildman–Crippen MR) is 105 cm³/mol. The molecule has 6 nitrogen and oxygen atoms in total. The average Bonchev–Trinajstić information content (AvgIpc) is 3.15. The molecule has 1 atom stereocenters. The van der Waals surface area contributed by atoms with Crippen LogP contribution < -0.4 is 0 Å². The summed E-state index contributed by atoms with van der Waals surface area (Å²) in [6.45, 7) is 4.95. The zero-order valence-corrected chi connectivity index (χ0v) is 17.7. The van der Waals surface area contributed by atoms with E-state index in [0.717, 1.165) is 17.7 Å². The average molecular weight is 438 g/mol. The Kier molecular flexibility index (Phi) is 5.64. The lowest BCUT2D eigenvalue weighted by atomic mass is 10.2. The van der Waals surface area contributed by atoms with Crippen molar-refractivity contribution in [3.8, 4) is 11.5 Å². The molecule has 0 fully saturated rings. The van der Waals surface area contributed by atoms with Crippen LogP contribution in [0.3, 0.4) is 0 Å². The van der Waals surface area contributed by atoms with Crippen LogP contribution in [-0.2, 0) is 19.7 Å². The number of sulfone groups is 2. The van der Waals surface area contributed by atoms with E-state index in [9.17, 15) is 21.2 Å². The van der Waals surface area contributed by atoms with Gasteiger partial charge in [0.25, 0.3) is 5.09 Å². The predicted octanol–water partition coefficient (Wildman–Crippen LogP) is 4.19. The summed E-state index contributed by atoms with van der Waals surface area (Å²) in [4.78, 5) is 3.91. The normalized spacial score (nSPS) is 13.4. The molecule has 9 heteroatoms. The fourth-order valence-corrected chi connectivity index (χ4v) is 5.74. The molecule has 0 spiro atoms. The SMILES string of the molecule is CC[C@@H](C)S(=O)(=O)c1oc(-c2ccc(F)cc2)nc1S(=O)(=O)c1ccc(C)cc1. The van der Waals surface area contributed by atoms with Crippen molar-refractivity contribution in [2.45, 2.75) is 47.5 Å². The van der Waals surface area contributed by atoms with Crippen molar-refractivity contribution in [1.29, 1.82) is 0 Å². The van der Waals surface area contributed by atoms with Gasteiger partial charge in [-0.15, -0.1) is 0 Å². The van der Waals surface area contributed by atoms with Gasteiger partial charge in [0.2, 0.25) is 30.6 Å². The first-order valence-corrected chi connectivity index (χ1v) is 11.9. The van der Waals surface area contributed by atoms with Crippen LogP contribution in [0.4, 0.5) is 4.39 Å². The maximum absolute atomic E-state index is 13.2. The van der Waals surface area contributed by atoms with E-state index in [1.54, 1.807) is 26.0 Å². The number of hydrogen-bond acceptors (Lipinski definition) is 6. The van der Waals surface area contributed by atoms with Crippen molar-refractivity contribution in [2.24, 2.45) is 0 Å². The van der Waals surface area contributed by atoms with Gasteiger partial charge in [-0.3, -0.25) is 0 Å². The zero-order valence-electron chi connectivity index (χ0n) is 16.1. The summed E-state index contributed by atoms with van der Waals surface area (Å²) in [5, 5.41) is -2.24. The topological polar surface area (TPSA) is 94.3 Å². The van der Waals surface area contributed by atoms with E-state index in [2.05, 4.69) is 4.98 Å². The minimum absolute atomic E-state index is 0.0948. The molecule has 0 N–H and O–H groups in total. The molecule has 0 saturated heterocycles. The maximum Gasteiger partial charge on any atom is 0.258 e. The second-order valence-corrected chi connectivity index (χ2v) is 10.8. The summed E-state index contributed by atoms with van der Waals surface area (Å²) in [6, 6.07) is 11.0. The summed E-state index contributed by atoms with van der Waals surface area (Å²) in [6.07, 6.45) is 0.263. The van der Waals surface area contributed by atoms with Gasteiger partial charge in [0, 0.05) is 5.56 Å². The number of aryl methyl sites for hydroxylation is 1. The van der Waals surface area contributed by atoms with Gasteiger partial charge in [-0.25, -0.2) is 21.2 Å². The van der Waals surface area contributed by atoms with Crippen LogP contribution in [0, 0.1) is 12.7 Å². The number of aromatic nitrogens is 1. The molecule has 0 saturated carbocycles.